The molecule has 106 valence electrons. The van der Waals surface area contributed by atoms with Gasteiger partial charge in [0.05, 0.1) is 18.3 Å². The molecule has 0 bridgehead atoms. The third kappa shape index (κ3) is 3.17. The fraction of sp³-hybridized carbons (Fsp3) is 0.353. The lowest BCUT2D eigenvalue weighted by molar-refractivity contribution is 0.339. The molecule has 2 aromatic rings. The van der Waals surface area contributed by atoms with Gasteiger partial charge in [-0.05, 0) is 56.6 Å². The molecule has 0 spiro atoms. The maximum absolute atomic E-state index is 5.58. The number of nitrogens with one attached hydrogen (secondary N) is 1. The number of ether oxygens (including phenoxy) is 1. The van der Waals surface area contributed by atoms with Crippen molar-refractivity contribution in [2.75, 3.05) is 13.7 Å². The lowest BCUT2D eigenvalue weighted by atomic mass is 9.99. The van der Waals surface area contributed by atoms with Crippen LogP contribution in [0.2, 0.25) is 0 Å². The summed E-state index contributed by atoms with van der Waals surface area (Å²) in [6, 6.07) is 10.4. The van der Waals surface area contributed by atoms with Gasteiger partial charge in [-0.3, -0.25) is 4.98 Å². The molecule has 1 N–H and O–H groups in total. The first-order valence-corrected chi connectivity index (χ1v) is 6.99. The van der Waals surface area contributed by atoms with Gasteiger partial charge in [0.1, 0.15) is 5.75 Å². The predicted molar refractivity (Wildman–Crippen MR) is 82.2 cm³/mol. The van der Waals surface area contributed by atoms with Gasteiger partial charge < -0.3 is 10.1 Å². The van der Waals surface area contributed by atoms with Gasteiger partial charge in [-0.15, -0.1) is 0 Å². The highest BCUT2D eigenvalue weighted by molar-refractivity contribution is 5.37. The smallest absolute Gasteiger partial charge is 0.119 e. The number of benzene rings is 1. The van der Waals surface area contributed by atoms with Crippen molar-refractivity contribution in [1.82, 2.24) is 10.3 Å². The SMILES string of the molecule is CCOc1cccc(C(NC)c2ncc(C)cc2C)c1. The summed E-state index contributed by atoms with van der Waals surface area (Å²) < 4.78 is 5.58. The maximum atomic E-state index is 5.58. The highest BCUT2D eigenvalue weighted by atomic mass is 16.5. The first-order chi connectivity index (χ1) is 9.65. The van der Waals surface area contributed by atoms with Crippen molar-refractivity contribution < 1.29 is 4.74 Å². The number of hydrogen-bond acceptors (Lipinski definition) is 3. The van der Waals surface area contributed by atoms with Crippen LogP contribution in [0.25, 0.3) is 0 Å². The van der Waals surface area contributed by atoms with Crippen molar-refractivity contribution in [3.05, 3.63) is 58.9 Å². The molecule has 3 heteroatoms. The molecule has 1 aromatic heterocycles. The Morgan fingerprint density at radius 1 is 1.25 bits per heavy atom. The summed E-state index contributed by atoms with van der Waals surface area (Å²) >= 11 is 0. The average molecular weight is 270 g/mol. The normalized spacial score (nSPS) is 12.2. The van der Waals surface area contributed by atoms with Crippen molar-refractivity contribution in [2.45, 2.75) is 26.8 Å². The molecule has 20 heavy (non-hydrogen) atoms. The molecule has 0 aliphatic heterocycles. The topological polar surface area (TPSA) is 34.1 Å². The second kappa shape index (κ2) is 6.53. The van der Waals surface area contributed by atoms with Crippen molar-refractivity contribution in [3.63, 3.8) is 0 Å². The summed E-state index contributed by atoms with van der Waals surface area (Å²) in [5.74, 6) is 0.898. The minimum Gasteiger partial charge on any atom is -0.494 e. The van der Waals surface area contributed by atoms with E-state index in [1.165, 1.54) is 11.1 Å². The van der Waals surface area contributed by atoms with Crippen LogP contribution >= 0.6 is 0 Å². The molecule has 0 aliphatic rings. The van der Waals surface area contributed by atoms with Crippen molar-refractivity contribution in [2.24, 2.45) is 0 Å². The molecular formula is C17H22N2O. The number of aromatic nitrogens is 1. The summed E-state index contributed by atoms with van der Waals surface area (Å²) in [5.41, 5.74) is 4.61. The van der Waals surface area contributed by atoms with E-state index in [9.17, 15) is 0 Å². The van der Waals surface area contributed by atoms with Gasteiger partial charge in [-0.2, -0.15) is 0 Å². The van der Waals surface area contributed by atoms with Crippen LogP contribution in [0.3, 0.4) is 0 Å². The summed E-state index contributed by atoms with van der Waals surface area (Å²) in [6.07, 6.45) is 1.92. The second-order valence-corrected chi connectivity index (χ2v) is 4.94. The summed E-state index contributed by atoms with van der Waals surface area (Å²) in [4.78, 5) is 4.60. The Kier molecular flexibility index (Phi) is 4.74. The Bertz CT molecular complexity index is 581. The van der Waals surface area contributed by atoms with Gasteiger partial charge in [0.2, 0.25) is 0 Å². The molecule has 1 unspecified atom stereocenters. The highest BCUT2D eigenvalue weighted by Crippen LogP contribution is 2.26. The zero-order valence-electron chi connectivity index (χ0n) is 12.6. The van der Waals surface area contributed by atoms with E-state index < -0.39 is 0 Å². The van der Waals surface area contributed by atoms with E-state index in [0.29, 0.717) is 6.61 Å². The Morgan fingerprint density at radius 2 is 2.05 bits per heavy atom. The molecule has 0 amide bonds. The van der Waals surface area contributed by atoms with Crippen LogP contribution in [0.5, 0.6) is 5.75 Å². The minimum atomic E-state index is 0.0796. The molecule has 0 saturated heterocycles. The number of pyridine rings is 1. The van der Waals surface area contributed by atoms with Crippen LogP contribution in [0.15, 0.2) is 36.5 Å². The zero-order valence-corrected chi connectivity index (χ0v) is 12.6. The van der Waals surface area contributed by atoms with Crippen LogP contribution in [-0.2, 0) is 0 Å². The van der Waals surface area contributed by atoms with Gasteiger partial charge >= 0.3 is 0 Å². The fourth-order valence-corrected chi connectivity index (χ4v) is 2.44. The summed E-state index contributed by atoms with van der Waals surface area (Å²) in [6.45, 7) is 6.84. The molecule has 0 radical (unpaired) electrons. The monoisotopic (exact) mass is 270 g/mol. The first-order valence-electron chi connectivity index (χ1n) is 6.99. The van der Waals surface area contributed by atoms with E-state index in [1.807, 2.05) is 32.3 Å². The van der Waals surface area contributed by atoms with Gasteiger partial charge in [0, 0.05) is 6.20 Å². The van der Waals surface area contributed by atoms with E-state index in [1.54, 1.807) is 0 Å². The maximum Gasteiger partial charge on any atom is 0.119 e. The second-order valence-electron chi connectivity index (χ2n) is 4.94. The lowest BCUT2D eigenvalue weighted by Gasteiger charge is -2.19. The third-order valence-corrected chi connectivity index (χ3v) is 3.32. The van der Waals surface area contributed by atoms with Crippen LogP contribution in [-0.4, -0.2) is 18.6 Å². The quantitative estimate of drug-likeness (QED) is 0.904. The van der Waals surface area contributed by atoms with Gasteiger partial charge in [0.25, 0.3) is 0 Å². The minimum absolute atomic E-state index is 0.0796. The molecular weight excluding hydrogens is 248 g/mol. The van der Waals surface area contributed by atoms with Crippen LogP contribution < -0.4 is 10.1 Å². The fourth-order valence-electron chi connectivity index (χ4n) is 2.44. The lowest BCUT2D eigenvalue weighted by Crippen LogP contribution is -2.20. The Morgan fingerprint density at radius 3 is 2.70 bits per heavy atom. The average Bonchev–Trinajstić information content (AvgIpc) is 2.43. The Hall–Kier alpha value is -1.87. The molecule has 1 aromatic carbocycles. The number of hydrogen-bond donors (Lipinski definition) is 1. The molecule has 0 saturated carbocycles. The molecule has 1 atom stereocenters. The molecule has 0 aliphatic carbocycles. The van der Waals surface area contributed by atoms with Crippen molar-refractivity contribution in [1.29, 1.82) is 0 Å². The van der Waals surface area contributed by atoms with E-state index in [2.05, 4.69) is 42.3 Å². The number of nitrogens with zero attached hydrogens (tertiary/aromatic N) is 1. The van der Waals surface area contributed by atoms with Crippen LogP contribution in [0.1, 0.15) is 35.3 Å². The van der Waals surface area contributed by atoms with E-state index in [4.69, 9.17) is 4.74 Å². The van der Waals surface area contributed by atoms with E-state index in [-0.39, 0.29) is 6.04 Å². The zero-order chi connectivity index (χ0) is 14.5. The first kappa shape index (κ1) is 14.5. The van der Waals surface area contributed by atoms with Gasteiger partial charge in [-0.25, -0.2) is 0 Å². The standard InChI is InChI=1S/C17H22N2O/c1-5-20-15-8-6-7-14(10-15)17(18-4)16-13(3)9-12(2)11-19-16/h6-11,17-18H,5H2,1-4H3. The van der Waals surface area contributed by atoms with Crippen molar-refractivity contribution in [3.8, 4) is 5.75 Å². The van der Waals surface area contributed by atoms with Crippen molar-refractivity contribution >= 4 is 0 Å². The predicted octanol–water partition coefficient (Wildman–Crippen LogP) is 3.41. The third-order valence-electron chi connectivity index (χ3n) is 3.32. The Balaban J connectivity index is 2.38. The molecule has 0 fully saturated rings. The largest absolute Gasteiger partial charge is 0.494 e. The van der Waals surface area contributed by atoms with Crippen LogP contribution in [0, 0.1) is 13.8 Å². The van der Waals surface area contributed by atoms with Crippen LogP contribution in [0.4, 0.5) is 0 Å². The molecule has 2 rings (SSSR count). The summed E-state index contributed by atoms with van der Waals surface area (Å²) in [7, 11) is 1.96. The van der Waals surface area contributed by atoms with E-state index >= 15 is 0 Å². The number of aryl methyl sites for hydroxylation is 2. The van der Waals surface area contributed by atoms with E-state index in [0.717, 1.165) is 17.0 Å². The van der Waals surface area contributed by atoms with Gasteiger partial charge in [0.15, 0.2) is 0 Å². The summed E-state index contributed by atoms with van der Waals surface area (Å²) in [5, 5.41) is 3.35. The Labute approximate surface area is 121 Å². The molecule has 3 nitrogen and oxygen atoms in total. The van der Waals surface area contributed by atoms with Gasteiger partial charge in [-0.1, -0.05) is 18.2 Å². The highest BCUT2D eigenvalue weighted by Gasteiger charge is 2.16. The number of rotatable bonds is 5. The molecule has 1 heterocycles.